The molecular weight excluding hydrogens is 295 g/mol. The van der Waals surface area contributed by atoms with Gasteiger partial charge in [-0.05, 0) is 12.8 Å². The Morgan fingerprint density at radius 3 is 2.40 bits per heavy atom. The number of alkyl halides is 3. The van der Waals surface area contributed by atoms with Crippen LogP contribution in [0.2, 0.25) is 0 Å². The van der Waals surface area contributed by atoms with Gasteiger partial charge < -0.3 is 10.7 Å². The molecule has 6 nitrogen and oxygen atoms in total. The van der Waals surface area contributed by atoms with Crippen LogP contribution in [0.25, 0.3) is 0 Å². The lowest BCUT2D eigenvalue weighted by Gasteiger charge is -2.23. The van der Waals surface area contributed by atoms with Crippen LogP contribution in [-0.4, -0.2) is 31.7 Å². The Labute approximate surface area is 115 Å². The van der Waals surface area contributed by atoms with Crippen molar-refractivity contribution in [3.63, 3.8) is 0 Å². The van der Waals surface area contributed by atoms with Crippen molar-refractivity contribution in [1.29, 1.82) is 0 Å². The second-order valence-corrected chi connectivity index (χ2v) is 6.07. The quantitative estimate of drug-likeness (QED) is 0.572. The largest absolute Gasteiger partial charge is 0.451 e. The minimum absolute atomic E-state index is 0.0469. The van der Waals surface area contributed by atoms with Gasteiger partial charge in [0.15, 0.2) is 0 Å². The van der Waals surface area contributed by atoms with Gasteiger partial charge in [0.25, 0.3) is 0 Å². The summed E-state index contributed by atoms with van der Waals surface area (Å²) in [7, 11) is -0.828. The fourth-order valence-electron chi connectivity index (χ4n) is 1.87. The van der Waals surface area contributed by atoms with Crippen molar-refractivity contribution in [2.75, 3.05) is 22.2 Å². The van der Waals surface area contributed by atoms with Crippen molar-refractivity contribution < 1.29 is 17.4 Å². The van der Waals surface area contributed by atoms with Crippen LogP contribution in [0.3, 0.4) is 0 Å². The van der Waals surface area contributed by atoms with Gasteiger partial charge in [0.05, 0.1) is 0 Å². The minimum Gasteiger partial charge on any atom is -0.367 e. The van der Waals surface area contributed by atoms with Gasteiger partial charge in [-0.3, -0.25) is 4.21 Å². The van der Waals surface area contributed by atoms with Gasteiger partial charge in [-0.1, -0.05) is 0 Å². The van der Waals surface area contributed by atoms with Crippen LogP contribution in [0.15, 0.2) is 6.07 Å². The van der Waals surface area contributed by atoms with E-state index in [0.717, 1.165) is 0 Å². The van der Waals surface area contributed by atoms with Gasteiger partial charge in [0, 0.05) is 34.4 Å². The Kier molecular flexibility index (Phi) is 4.43. The van der Waals surface area contributed by atoms with E-state index in [0.29, 0.717) is 24.3 Å². The van der Waals surface area contributed by atoms with E-state index in [1.807, 2.05) is 0 Å². The molecule has 2 heterocycles. The normalized spacial score (nSPS) is 23.4. The Bertz CT molecular complexity index is 500. The van der Waals surface area contributed by atoms with E-state index < -0.39 is 22.8 Å². The molecule has 0 amide bonds. The Hall–Kier alpha value is -1.42. The predicted molar refractivity (Wildman–Crippen MR) is 69.4 cm³/mol. The minimum atomic E-state index is -4.64. The van der Waals surface area contributed by atoms with Crippen LogP contribution < -0.4 is 16.6 Å². The number of nitrogens with two attached hydrogens (primary N) is 1. The molecule has 1 aromatic rings. The molecular formula is C10H14F3N5OS. The van der Waals surface area contributed by atoms with E-state index in [1.165, 1.54) is 6.07 Å². The highest BCUT2D eigenvalue weighted by Gasteiger charge is 2.35. The number of aromatic nitrogens is 2. The molecule has 0 unspecified atom stereocenters. The summed E-state index contributed by atoms with van der Waals surface area (Å²) < 4.78 is 49.2. The third kappa shape index (κ3) is 3.79. The molecule has 10 heteroatoms. The van der Waals surface area contributed by atoms with Crippen molar-refractivity contribution in [2.45, 2.75) is 25.1 Å². The van der Waals surface area contributed by atoms with Crippen molar-refractivity contribution in [3.8, 4) is 0 Å². The highest BCUT2D eigenvalue weighted by atomic mass is 32.2. The van der Waals surface area contributed by atoms with E-state index in [2.05, 4.69) is 20.7 Å². The summed E-state index contributed by atoms with van der Waals surface area (Å²) in [5.41, 5.74) is 2.08. The molecule has 0 aromatic carbocycles. The molecule has 112 valence electrons. The number of nitrogens with zero attached hydrogens (tertiary/aromatic N) is 2. The number of anilines is 2. The first-order chi connectivity index (χ1) is 9.38. The lowest BCUT2D eigenvalue weighted by molar-refractivity contribution is -0.144. The average Bonchev–Trinajstić information content (AvgIpc) is 2.40. The summed E-state index contributed by atoms with van der Waals surface area (Å²) in [6, 6.07) is 1.26. The van der Waals surface area contributed by atoms with Gasteiger partial charge in [-0.2, -0.15) is 13.2 Å². The van der Waals surface area contributed by atoms with E-state index in [1.54, 1.807) is 0 Å². The zero-order valence-electron chi connectivity index (χ0n) is 10.4. The smallest absolute Gasteiger partial charge is 0.367 e. The Morgan fingerprint density at radius 1 is 1.25 bits per heavy atom. The molecule has 4 N–H and O–H groups in total. The lowest BCUT2D eigenvalue weighted by Crippen LogP contribution is -2.30. The second kappa shape index (κ2) is 5.92. The van der Waals surface area contributed by atoms with Crippen molar-refractivity contribution in [3.05, 3.63) is 11.9 Å². The first-order valence-electron chi connectivity index (χ1n) is 5.93. The molecule has 2 rings (SSSR count). The first kappa shape index (κ1) is 15.0. The van der Waals surface area contributed by atoms with Crippen molar-refractivity contribution >= 4 is 22.4 Å². The standard InChI is InChI=1S/C10H14F3N5OS/c11-10(12,13)9-16-7(5-8(17-9)18-14)15-6-1-3-20(19)4-2-6/h5-6H,1-4,14H2,(H2,15,16,17,18). The second-order valence-electron chi connectivity index (χ2n) is 4.37. The van der Waals surface area contributed by atoms with E-state index in [4.69, 9.17) is 5.84 Å². The maximum absolute atomic E-state index is 12.7. The molecule has 0 aliphatic carbocycles. The molecule has 1 aliphatic rings. The van der Waals surface area contributed by atoms with Crippen LogP contribution in [0.5, 0.6) is 0 Å². The maximum atomic E-state index is 12.7. The third-order valence-corrected chi connectivity index (χ3v) is 4.25. The zero-order valence-corrected chi connectivity index (χ0v) is 11.2. The number of hydrogen-bond donors (Lipinski definition) is 3. The topological polar surface area (TPSA) is 92.9 Å². The average molecular weight is 309 g/mol. The van der Waals surface area contributed by atoms with E-state index in [-0.39, 0.29) is 17.7 Å². The number of nitrogen functional groups attached to an aromatic ring is 1. The summed E-state index contributed by atoms with van der Waals surface area (Å²) >= 11 is 0. The number of hydrogen-bond acceptors (Lipinski definition) is 6. The lowest BCUT2D eigenvalue weighted by atomic mass is 10.1. The van der Waals surface area contributed by atoms with Crippen LogP contribution in [0.4, 0.5) is 24.8 Å². The van der Waals surface area contributed by atoms with Crippen LogP contribution >= 0.6 is 0 Å². The predicted octanol–water partition coefficient (Wildman–Crippen LogP) is 1.10. The SMILES string of the molecule is NNc1cc(NC2CCS(=O)CC2)nc(C(F)(F)F)n1. The number of nitrogens with one attached hydrogen (secondary N) is 2. The molecule has 0 radical (unpaired) electrons. The maximum Gasteiger partial charge on any atom is 0.451 e. The summed E-state index contributed by atoms with van der Waals surface area (Å²) in [5.74, 6) is 4.87. The van der Waals surface area contributed by atoms with Crippen molar-refractivity contribution in [2.24, 2.45) is 5.84 Å². The molecule has 0 spiro atoms. The first-order valence-corrected chi connectivity index (χ1v) is 7.41. The number of rotatable bonds is 3. The van der Waals surface area contributed by atoms with Gasteiger partial charge in [-0.15, -0.1) is 0 Å². The van der Waals surface area contributed by atoms with Gasteiger partial charge in [0.1, 0.15) is 11.6 Å². The monoisotopic (exact) mass is 309 g/mol. The van der Waals surface area contributed by atoms with Crippen LogP contribution in [0, 0.1) is 0 Å². The summed E-state index contributed by atoms with van der Waals surface area (Å²) in [4.78, 5) is 6.71. The Morgan fingerprint density at radius 2 is 1.85 bits per heavy atom. The highest BCUT2D eigenvalue weighted by molar-refractivity contribution is 7.85. The molecule has 20 heavy (non-hydrogen) atoms. The van der Waals surface area contributed by atoms with Crippen LogP contribution in [-0.2, 0) is 17.0 Å². The van der Waals surface area contributed by atoms with E-state index in [9.17, 15) is 17.4 Å². The summed E-state index contributed by atoms with van der Waals surface area (Å²) in [6.07, 6.45) is -3.38. The molecule has 1 fully saturated rings. The van der Waals surface area contributed by atoms with Gasteiger partial charge in [0.2, 0.25) is 5.82 Å². The van der Waals surface area contributed by atoms with Crippen LogP contribution in [0.1, 0.15) is 18.7 Å². The summed E-state index contributed by atoms with van der Waals surface area (Å²) in [6.45, 7) is 0. The summed E-state index contributed by atoms with van der Waals surface area (Å²) in [5, 5.41) is 2.91. The third-order valence-electron chi connectivity index (χ3n) is 2.87. The number of halogens is 3. The molecule has 0 saturated carbocycles. The zero-order chi connectivity index (χ0) is 14.8. The number of hydrazine groups is 1. The van der Waals surface area contributed by atoms with Crippen molar-refractivity contribution in [1.82, 2.24) is 9.97 Å². The van der Waals surface area contributed by atoms with Gasteiger partial charge in [-0.25, -0.2) is 15.8 Å². The van der Waals surface area contributed by atoms with Gasteiger partial charge >= 0.3 is 6.18 Å². The molecule has 0 bridgehead atoms. The molecule has 1 saturated heterocycles. The molecule has 1 aromatic heterocycles. The molecule has 0 atom stereocenters. The Balaban J connectivity index is 2.16. The molecule has 1 aliphatic heterocycles. The highest BCUT2D eigenvalue weighted by Crippen LogP contribution is 2.28. The fraction of sp³-hybridized carbons (Fsp3) is 0.600. The van der Waals surface area contributed by atoms with E-state index >= 15 is 0 Å². The fourth-order valence-corrected chi connectivity index (χ4v) is 3.17.